The van der Waals surface area contributed by atoms with E-state index in [0.717, 1.165) is 5.71 Å². The van der Waals surface area contributed by atoms with Crippen LogP contribution in [-0.4, -0.2) is 5.71 Å². The number of nitrogens with two attached hydrogens (primary N) is 1. The van der Waals surface area contributed by atoms with E-state index < -0.39 is 0 Å². The van der Waals surface area contributed by atoms with Gasteiger partial charge in [0.25, 0.3) is 0 Å². The molecule has 0 radical (unpaired) electrons. The second-order valence-corrected chi connectivity index (χ2v) is 1.55. The molecule has 0 aliphatic rings. The zero-order valence-electron chi connectivity index (χ0n) is 6.73. The van der Waals surface area contributed by atoms with Gasteiger partial charge >= 0.3 is 0 Å². The lowest BCUT2D eigenvalue weighted by Gasteiger charge is -1.86. The van der Waals surface area contributed by atoms with Crippen LogP contribution in [0.2, 0.25) is 0 Å². The smallest absolute Gasteiger partial charge is 0.115 e. The molecule has 0 saturated carbocycles. The second kappa shape index (κ2) is 7.21. The third-order valence-electron chi connectivity index (χ3n) is 0.367. The minimum absolute atomic E-state index is 0.375. The summed E-state index contributed by atoms with van der Waals surface area (Å²) >= 11 is 0. The molecule has 0 aromatic heterocycles. The van der Waals surface area contributed by atoms with Crippen molar-refractivity contribution in [1.29, 1.82) is 0 Å². The summed E-state index contributed by atoms with van der Waals surface area (Å²) in [5, 5.41) is 0. The molecular weight excluding hydrogens is 112 g/mol. The zero-order valence-corrected chi connectivity index (χ0v) is 6.73. The lowest BCUT2D eigenvalue weighted by molar-refractivity contribution is 1.25. The highest BCUT2D eigenvalue weighted by atomic mass is 14.9. The van der Waals surface area contributed by atoms with Crippen molar-refractivity contribution in [3.05, 3.63) is 12.4 Å². The highest BCUT2D eigenvalue weighted by Crippen LogP contribution is 1.80. The molecule has 2 heteroatoms. The summed E-state index contributed by atoms with van der Waals surface area (Å²) in [7, 11) is 0. The first-order valence-corrected chi connectivity index (χ1v) is 3.09. The first kappa shape index (κ1) is 11.1. The number of hydrogen-bond acceptors (Lipinski definition) is 2. The molecule has 0 heterocycles. The van der Waals surface area contributed by atoms with Crippen LogP contribution in [0.5, 0.6) is 0 Å². The molecular formula is C7H16N2. The summed E-state index contributed by atoms with van der Waals surface area (Å²) in [6.45, 7) is 11.1. The van der Waals surface area contributed by atoms with E-state index in [1.54, 1.807) is 0 Å². The molecule has 54 valence electrons. The first-order chi connectivity index (χ1) is 4.13. The number of nitrogens with zero attached hydrogens (tertiary/aromatic N) is 1. The zero-order chi connectivity index (χ0) is 7.86. The molecule has 0 atom stereocenters. The maximum atomic E-state index is 5.11. The fourth-order valence-corrected chi connectivity index (χ4v) is 0.287. The number of hydrogen-bond donors (Lipinski definition) is 1. The van der Waals surface area contributed by atoms with Crippen molar-refractivity contribution in [1.82, 2.24) is 0 Å². The van der Waals surface area contributed by atoms with Crippen molar-refractivity contribution < 1.29 is 0 Å². The van der Waals surface area contributed by atoms with E-state index in [1.807, 2.05) is 27.7 Å². The summed E-state index contributed by atoms with van der Waals surface area (Å²) in [4.78, 5) is 3.78. The molecule has 0 aromatic rings. The molecule has 0 rings (SSSR count). The quantitative estimate of drug-likeness (QED) is 0.538. The highest BCUT2D eigenvalue weighted by Gasteiger charge is 1.74. The normalized spacial score (nSPS) is 6.67. The Morgan fingerprint density at radius 1 is 1.33 bits per heavy atom. The summed E-state index contributed by atoms with van der Waals surface area (Å²) in [5.41, 5.74) is 6.05. The number of aliphatic imine (C=N–C) groups is 1. The van der Waals surface area contributed by atoms with Gasteiger partial charge < -0.3 is 5.73 Å². The van der Waals surface area contributed by atoms with Crippen LogP contribution in [-0.2, 0) is 0 Å². The Morgan fingerprint density at radius 2 is 1.67 bits per heavy atom. The summed E-state index contributed by atoms with van der Waals surface area (Å²) in [5.74, 6) is 0.375. The Morgan fingerprint density at radius 3 is 1.67 bits per heavy atom. The standard InChI is InChI=1S/C5H10N2.C2H6/c1-4(2)7-5(3)6;1-2/h3,6H2,1-2H3;1-2H3. The molecule has 0 fully saturated rings. The molecule has 0 spiro atoms. The van der Waals surface area contributed by atoms with Crippen LogP contribution in [0.15, 0.2) is 17.4 Å². The van der Waals surface area contributed by atoms with Gasteiger partial charge in [-0.25, -0.2) is 4.99 Å². The average molecular weight is 128 g/mol. The van der Waals surface area contributed by atoms with Gasteiger partial charge in [0.15, 0.2) is 0 Å². The van der Waals surface area contributed by atoms with E-state index in [-0.39, 0.29) is 0 Å². The lowest BCUT2D eigenvalue weighted by Crippen LogP contribution is -1.92. The molecule has 0 amide bonds. The van der Waals surface area contributed by atoms with Crippen LogP contribution >= 0.6 is 0 Å². The monoisotopic (exact) mass is 128 g/mol. The predicted molar refractivity (Wildman–Crippen MR) is 43.5 cm³/mol. The molecule has 9 heavy (non-hydrogen) atoms. The van der Waals surface area contributed by atoms with E-state index in [1.165, 1.54) is 0 Å². The molecule has 0 bridgehead atoms. The Bertz CT molecular complexity index is 99.5. The summed E-state index contributed by atoms with van der Waals surface area (Å²) in [6, 6.07) is 0. The largest absolute Gasteiger partial charge is 0.384 e. The molecule has 0 aliphatic heterocycles. The minimum atomic E-state index is 0.375. The van der Waals surface area contributed by atoms with Crippen LogP contribution < -0.4 is 5.73 Å². The van der Waals surface area contributed by atoms with Gasteiger partial charge in [0.1, 0.15) is 5.82 Å². The van der Waals surface area contributed by atoms with E-state index in [9.17, 15) is 0 Å². The molecule has 0 saturated heterocycles. The highest BCUT2D eigenvalue weighted by molar-refractivity contribution is 5.79. The topological polar surface area (TPSA) is 38.4 Å². The molecule has 0 aromatic carbocycles. The van der Waals surface area contributed by atoms with E-state index in [4.69, 9.17) is 5.73 Å². The van der Waals surface area contributed by atoms with Crippen molar-refractivity contribution in [3.8, 4) is 0 Å². The third-order valence-corrected chi connectivity index (χ3v) is 0.367. The summed E-state index contributed by atoms with van der Waals surface area (Å²) < 4.78 is 0. The third kappa shape index (κ3) is 19.0. The fraction of sp³-hybridized carbons (Fsp3) is 0.571. The van der Waals surface area contributed by atoms with Gasteiger partial charge in [-0.05, 0) is 13.8 Å². The maximum absolute atomic E-state index is 5.11. The van der Waals surface area contributed by atoms with Gasteiger partial charge in [-0.1, -0.05) is 20.4 Å². The minimum Gasteiger partial charge on any atom is -0.384 e. The van der Waals surface area contributed by atoms with Crippen LogP contribution in [0.3, 0.4) is 0 Å². The number of rotatable bonds is 1. The maximum Gasteiger partial charge on any atom is 0.115 e. The second-order valence-electron chi connectivity index (χ2n) is 1.55. The van der Waals surface area contributed by atoms with Crippen LogP contribution in [0.1, 0.15) is 27.7 Å². The van der Waals surface area contributed by atoms with Gasteiger partial charge in [-0.3, -0.25) is 0 Å². The Labute approximate surface area is 57.5 Å². The van der Waals surface area contributed by atoms with Crippen molar-refractivity contribution in [2.45, 2.75) is 27.7 Å². The fourth-order valence-electron chi connectivity index (χ4n) is 0.287. The Hall–Kier alpha value is -0.790. The van der Waals surface area contributed by atoms with Gasteiger partial charge in [0.05, 0.1) is 0 Å². The van der Waals surface area contributed by atoms with E-state index in [0.29, 0.717) is 5.82 Å². The van der Waals surface area contributed by atoms with Gasteiger partial charge in [-0.2, -0.15) is 0 Å². The van der Waals surface area contributed by atoms with E-state index in [2.05, 4.69) is 11.6 Å². The van der Waals surface area contributed by atoms with Gasteiger partial charge in [-0.15, -0.1) is 0 Å². The molecule has 2 N–H and O–H groups in total. The van der Waals surface area contributed by atoms with Crippen molar-refractivity contribution in [2.75, 3.05) is 0 Å². The van der Waals surface area contributed by atoms with Crippen molar-refractivity contribution in [2.24, 2.45) is 10.7 Å². The molecule has 0 unspecified atom stereocenters. The van der Waals surface area contributed by atoms with Crippen molar-refractivity contribution in [3.63, 3.8) is 0 Å². The van der Waals surface area contributed by atoms with Crippen LogP contribution in [0.4, 0.5) is 0 Å². The first-order valence-electron chi connectivity index (χ1n) is 3.09. The average Bonchev–Trinajstić information content (AvgIpc) is 1.68. The van der Waals surface area contributed by atoms with Crippen molar-refractivity contribution >= 4 is 5.71 Å². The summed E-state index contributed by atoms with van der Waals surface area (Å²) in [6.07, 6.45) is 0. The molecule has 2 nitrogen and oxygen atoms in total. The van der Waals surface area contributed by atoms with Crippen LogP contribution in [0, 0.1) is 0 Å². The Balaban J connectivity index is 0. The van der Waals surface area contributed by atoms with Gasteiger partial charge in [0.2, 0.25) is 0 Å². The SMILES string of the molecule is C=C(N)N=C(C)C.CC. The Kier molecular flexibility index (Phi) is 8.87. The van der Waals surface area contributed by atoms with E-state index >= 15 is 0 Å². The molecule has 0 aliphatic carbocycles. The van der Waals surface area contributed by atoms with Gasteiger partial charge in [0, 0.05) is 5.71 Å². The lowest BCUT2D eigenvalue weighted by atomic mass is 10.5. The predicted octanol–water partition coefficient (Wildman–Crippen LogP) is 1.92. The van der Waals surface area contributed by atoms with Crippen LogP contribution in [0.25, 0.3) is 0 Å².